The van der Waals surface area contributed by atoms with Crippen LogP contribution in [-0.2, 0) is 27.9 Å². The highest BCUT2D eigenvalue weighted by Crippen LogP contribution is 2.38. The van der Waals surface area contributed by atoms with Crippen LogP contribution in [0, 0.1) is 0 Å². The lowest BCUT2D eigenvalue weighted by molar-refractivity contribution is -0.870. The number of hydrogen-bond acceptors (Lipinski definition) is 7. The van der Waals surface area contributed by atoms with Gasteiger partial charge < -0.3 is 27.9 Å². The van der Waals surface area contributed by atoms with Crippen LogP contribution in [0.25, 0.3) is 0 Å². The van der Waals surface area contributed by atoms with Crippen molar-refractivity contribution in [2.45, 2.75) is 206 Å². The standard InChI is InChI=1S/C47H90NO7P/c1-6-8-10-12-14-16-17-18-19-20-21-22-23-24-25-26-27-28-29-30-31-32-33-35-37-39-42-52-44-46(45-54-56(50,51)53-43-41-48(3,4)5)55-47(49)40-38-36-34-15-13-11-9-7-2/h17-18,20-21,23-24,46H,6-16,19,22,25-45H2,1-5H3/b18-17-,21-20-,24-23-. The fourth-order valence-electron chi connectivity index (χ4n) is 6.32. The van der Waals surface area contributed by atoms with E-state index in [2.05, 4.69) is 50.3 Å². The maximum atomic E-state index is 12.6. The first kappa shape index (κ1) is 54.7. The number of hydrogen-bond donors (Lipinski definition) is 0. The van der Waals surface area contributed by atoms with Crippen molar-refractivity contribution in [3.05, 3.63) is 36.5 Å². The van der Waals surface area contributed by atoms with Crippen molar-refractivity contribution in [2.75, 3.05) is 54.1 Å². The molecule has 0 aliphatic rings. The number of ether oxygens (including phenoxy) is 2. The zero-order chi connectivity index (χ0) is 41.3. The molecule has 330 valence electrons. The average molecular weight is 812 g/mol. The molecule has 0 saturated carbocycles. The first-order chi connectivity index (χ1) is 27.1. The van der Waals surface area contributed by atoms with Gasteiger partial charge in [0.15, 0.2) is 0 Å². The maximum Gasteiger partial charge on any atom is 0.306 e. The van der Waals surface area contributed by atoms with Crippen molar-refractivity contribution in [1.29, 1.82) is 0 Å². The van der Waals surface area contributed by atoms with E-state index in [9.17, 15) is 14.3 Å². The topological polar surface area (TPSA) is 94.1 Å². The van der Waals surface area contributed by atoms with Crippen molar-refractivity contribution in [3.8, 4) is 0 Å². The Hall–Kier alpha value is -1.28. The molecule has 56 heavy (non-hydrogen) atoms. The van der Waals surface area contributed by atoms with E-state index in [-0.39, 0.29) is 25.8 Å². The number of rotatable bonds is 43. The highest BCUT2D eigenvalue weighted by molar-refractivity contribution is 7.45. The quantitative estimate of drug-likeness (QED) is 0.0199. The van der Waals surface area contributed by atoms with Crippen LogP contribution < -0.4 is 4.89 Å². The zero-order valence-corrected chi connectivity index (χ0v) is 38.2. The van der Waals surface area contributed by atoms with Gasteiger partial charge in [-0.25, -0.2) is 0 Å². The summed E-state index contributed by atoms with van der Waals surface area (Å²) in [6.45, 7) is 5.37. The van der Waals surface area contributed by atoms with Crippen LogP contribution in [0.1, 0.15) is 200 Å². The van der Waals surface area contributed by atoms with Crippen LogP contribution in [0.2, 0.25) is 0 Å². The molecule has 0 aromatic heterocycles. The smallest absolute Gasteiger partial charge is 0.306 e. The molecule has 0 radical (unpaired) electrons. The Morgan fingerprint density at radius 2 is 0.982 bits per heavy atom. The van der Waals surface area contributed by atoms with Gasteiger partial charge in [0.25, 0.3) is 7.82 Å². The van der Waals surface area contributed by atoms with E-state index in [0.29, 0.717) is 24.1 Å². The predicted octanol–water partition coefficient (Wildman–Crippen LogP) is 13.1. The molecule has 0 amide bonds. The molecular formula is C47H90NO7P. The summed E-state index contributed by atoms with van der Waals surface area (Å²) in [7, 11) is 1.36. The van der Waals surface area contributed by atoms with Crippen LogP contribution in [-0.4, -0.2) is 70.7 Å². The predicted molar refractivity (Wildman–Crippen MR) is 236 cm³/mol. The molecule has 0 bridgehead atoms. The molecule has 0 aromatic rings. The molecule has 0 aliphatic heterocycles. The van der Waals surface area contributed by atoms with E-state index in [1.165, 1.54) is 135 Å². The largest absolute Gasteiger partial charge is 0.756 e. The molecule has 9 heteroatoms. The van der Waals surface area contributed by atoms with Crippen LogP contribution in [0.5, 0.6) is 0 Å². The highest BCUT2D eigenvalue weighted by atomic mass is 31.2. The molecule has 0 saturated heterocycles. The Morgan fingerprint density at radius 3 is 1.46 bits per heavy atom. The van der Waals surface area contributed by atoms with Gasteiger partial charge in [-0.15, -0.1) is 0 Å². The fourth-order valence-corrected chi connectivity index (χ4v) is 7.05. The fraction of sp³-hybridized carbons (Fsp3) is 0.851. The second kappa shape index (κ2) is 40.5. The Morgan fingerprint density at radius 1 is 0.554 bits per heavy atom. The number of esters is 1. The number of phosphoric ester groups is 1. The van der Waals surface area contributed by atoms with Crippen LogP contribution in [0.15, 0.2) is 36.5 Å². The van der Waals surface area contributed by atoms with Crippen molar-refractivity contribution < 1.29 is 37.3 Å². The zero-order valence-electron chi connectivity index (χ0n) is 37.3. The van der Waals surface area contributed by atoms with Crippen molar-refractivity contribution in [2.24, 2.45) is 0 Å². The minimum absolute atomic E-state index is 0.0263. The van der Waals surface area contributed by atoms with E-state index in [1.54, 1.807) is 0 Å². The molecule has 0 aromatic carbocycles. The number of phosphoric acid groups is 1. The third-order valence-corrected chi connectivity index (χ3v) is 10.9. The van der Waals surface area contributed by atoms with Crippen LogP contribution >= 0.6 is 7.82 Å². The lowest BCUT2D eigenvalue weighted by Crippen LogP contribution is -2.37. The molecule has 0 spiro atoms. The van der Waals surface area contributed by atoms with Gasteiger partial charge in [0.05, 0.1) is 34.4 Å². The third-order valence-electron chi connectivity index (χ3n) is 9.94. The molecule has 2 unspecified atom stereocenters. The summed E-state index contributed by atoms with van der Waals surface area (Å²) in [4.78, 5) is 24.9. The van der Waals surface area contributed by atoms with Crippen molar-refractivity contribution in [1.82, 2.24) is 0 Å². The van der Waals surface area contributed by atoms with E-state index in [1.807, 2.05) is 21.1 Å². The Bertz CT molecular complexity index is 994. The van der Waals surface area contributed by atoms with Gasteiger partial charge in [0.2, 0.25) is 0 Å². The molecule has 0 fully saturated rings. The van der Waals surface area contributed by atoms with E-state index in [4.69, 9.17) is 18.5 Å². The van der Waals surface area contributed by atoms with Gasteiger partial charge in [-0.3, -0.25) is 9.36 Å². The number of quaternary nitrogens is 1. The third kappa shape index (κ3) is 43.8. The summed E-state index contributed by atoms with van der Waals surface area (Å²) in [6.07, 6.45) is 47.5. The number of carbonyl (C=O) groups is 1. The van der Waals surface area contributed by atoms with Crippen molar-refractivity contribution in [3.63, 3.8) is 0 Å². The molecule has 2 atom stereocenters. The normalized spacial score (nSPS) is 14.0. The molecular weight excluding hydrogens is 721 g/mol. The Labute approximate surface area is 346 Å². The summed E-state index contributed by atoms with van der Waals surface area (Å²) in [6, 6.07) is 0. The number of carbonyl (C=O) groups excluding carboxylic acids is 1. The lowest BCUT2D eigenvalue weighted by atomic mass is 10.1. The molecule has 0 rings (SSSR count). The maximum absolute atomic E-state index is 12.6. The van der Waals surface area contributed by atoms with Gasteiger partial charge in [-0.2, -0.15) is 0 Å². The van der Waals surface area contributed by atoms with E-state index < -0.39 is 13.9 Å². The minimum atomic E-state index is -4.52. The molecule has 0 aliphatic carbocycles. The lowest BCUT2D eigenvalue weighted by Gasteiger charge is -2.28. The summed E-state index contributed by atoms with van der Waals surface area (Å²) < 4.78 is 34.5. The Kier molecular flexibility index (Phi) is 39.6. The van der Waals surface area contributed by atoms with Crippen LogP contribution in [0.3, 0.4) is 0 Å². The summed E-state index contributed by atoms with van der Waals surface area (Å²) in [5.41, 5.74) is 0. The molecule has 0 heterocycles. The first-order valence-electron chi connectivity index (χ1n) is 23.2. The number of likely N-dealkylation sites (N-methyl/N-ethyl adjacent to an activating group) is 1. The summed E-state index contributed by atoms with van der Waals surface area (Å²) in [5.74, 6) is -0.339. The van der Waals surface area contributed by atoms with E-state index in [0.717, 1.165) is 44.9 Å². The molecule has 8 nitrogen and oxygen atoms in total. The van der Waals surface area contributed by atoms with Gasteiger partial charge >= 0.3 is 5.97 Å². The van der Waals surface area contributed by atoms with Gasteiger partial charge in [-0.1, -0.05) is 179 Å². The van der Waals surface area contributed by atoms with Gasteiger partial charge in [0, 0.05) is 13.0 Å². The SMILES string of the molecule is CCCCCCC/C=C\C/C=C\C/C=C\CCCCCCCCCCCCCOCC(COP(=O)([O-])OCC[N+](C)(C)C)OC(=O)CCCCCCCCCC. The average Bonchev–Trinajstić information content (AvgIpc) is 3.15. The van der Waals surface area contributed by atoms with Crippen LogP contribution in [0.4, 0.5) is 0 Å². The monoisotopic (exact) mass is 812 g/mol. The van der Waals surface area contributed by atoms with Gasteiger partial charge in [0.1, 0.15) is 19.3 Å². The first-order valence-corrected chi connectivity index (χ1v) is 24.7. The number of allylic oxidation sites excluding steroid dienone is 6. The summed E-state index contributed by atoms with van der Waals surface area (Å²) in [5, 5.41) is 0. The van der Waals surface area contributed by atoms with E-state index >= 15 is 0 Å². The number of unbranched alkanes of at least 4 members (excludes halogenated alkanes) is 23. The highest BCUT2D eigenvalue weighted by Gasteiger charge is 2.20. The second-order valence-electron chi connectivity index (χ2n) is 16.8. The second-order valence-corrected chi connectivity index (χ2v) is 18.2. The minimum Gasteiger partial charge on any atom is -0.756 e. The Balaban J connectivity index is 4.00. The summed E-state index contributed by atoms with van der Waals surface area (Å²) >= 11 is 0. The van der Waals surface area contributed by atoms with Gasteiger partial charge in [-0.05, 0) is 51.4 Å². The number of nitrogens with zero attached hydrogens (tertiary/aromatic N) is 1. The van der Waals surface area contributed by atoms with Crippen molar-refractivity contribution >= 4 is 13.8 Å². The molecule has 0 N–H and O–H groups in total.